The fourth-order valence-electron chi connectivity index (χ4n) is 3.06. The van der Waals surface area contributed by atoms with Gasteiger partial charge in [0, 0.05) is 19.1 Å². The van der Waals surface area contributed by atoms with E-state index in [-0.39, 0.29) is 17.9 Å². The van der Waals surface area contributed by atoms with Crippen molar-refractivity contribution < 1.29 is 14.3 Å². The maximum atomic E-state index is 12.9. The van der Waals surface area contributed by atoms with Crippen molar-refractivity contribution in [2.75, 3.05) is 18.4 Å². The van der Waals surface area contributed by atoms with Crippen molar-refractivity contribution in [1.82, 2.24) is 4.90 Å². The van der Waals surface area contributed by atoms with Gasteiger partial charge in [0.25, 0.3) is 11.8 Å². The molecule has 2 amide bonds. The second kappa shape index (κ2) is 5.96. The quantitative estimate of drug-likeness (QED) is 0.864. The van der Waals surface area contributed by atoms with E-state index in [9.17, 15) is 9.59 Å². The molecular weight excluding hydrogens is 282 g/mol. The number of ether oxygens (including phenoxy) is 1. The van der Waals surface area contributed by atoms with Crippen molar-refractivity contribution in [2.45, 2.75) is 38.3 Å². The number of fused-ring (bicyclic) bond motifs is 1. The number of rotatable bonds is 2. The fraction of sp³-hybridized carbons (Fsp3) is 0.500. The summed E-state index contributed by atoms with van der Waals surface area (Å²) in [6.45, 7) is 2.85. The second-order valence-corrected chi connectivity index (χ2v) is 5.82. The molecule has 2 unspecified atom stereocenters. The van der Waals surface area contributed by atoms with Crippen molar-refractivity contribution in [3.05, 3.63) is 23.8 Å². The van der Waals surface area contributed by atoms with Gasteiger partial charge in [-0.3, -0.25) is 9.59 Å². The smallest absolute Gasteiger partial charge is 0.265 e. The van der Waals surface area contributed by atoms with Crippen LogP contribution in [0.4, 0.5) is 5.69 Å². The first-order valence-corrected chi connectivity index (χ1v) is 7.73. The van der Waals surface area contributed by atoms with Crippen LogP contribution in [0.1, 0.15) is 36.5 Å². The van der Waals surface area contributed by atoms with Gasteiger partial charge >= 0.3 is 0 Å². The third-order valence-corrected chi connectivity index (χ3v) is 4.33. The number of nitrogens with two attached hydrogens (primary N) is 1. The molecule has 1 saturated heterocycles. The second-order valence-electron chi connectivity index (χ2n) is 5.82. The van der Waals surface area contributed by atoms with Crippen LogP contribution in [0, 0.1) is 0 Å². The molecule has 0 radical (unpaired) electrons. The number of para-hydroxylation sites is 1. The van der Waals surface area contributed by atoms with E-state index >= 15 is 0 Å². The molecule has 1 fully saturated rings. The van der Waals surface area contributed by atoms with E-state index in [2.05, 4.69) is 5.32 Å². The number of nitrogens with zero attached hydrogens (tertiary/aromatic N) is 1. The SMILES string of the molecule is CC1Oc2c(cccc2C(=O)N2CCCCC2CN)NC1=O. The molecule has 6 heteroatoms. The van der Waals surface area contributed by atoms with Crippen molar-refractivity contribution in [2.24, 2.45) is 5.73 Å². The molecule has 3 N–H and O–H groups in total. The van der Waals surface area contributed by atoms with E-state index in [1.165, 1.54) is 0 Å². The van der Waals surface area contributed by atoms with E-state index in [0.29, 0.717) is 30.1 Å². The van der Waals surface area contributed by atoms with Gasteiger partial charge in [0.05, 0.1) is 11.3 Å². The molecular formula is C16H21N3O3. The minimum Gasteiger partial charge on any atom is -0.478 e. The molecule has 0 bridgehead atoms. The highest BCUT2D eigenvalue weighted by Crippen LogP contribution is 2.34. The lowest BCUT2D eigenvalue weighted by Gasteiger charge is -2.36. The molecule has 118 valence electrons. The van der Waals surface area contributed by atoms with Crippen LogP contribution >= 0.6 is 0 Å². The molecule has 6 nitrogen and oxygen atoms in total. The van der Waals surface area contributed by atoms with Gasteiger partial charge < -0.3 is 20.7 Å². The first-order valence-electron chi connectivity index (χ1n) is 7.73. The van der Waals surface area contributed by atoms with Gasteiger partial charge in [-0.25, -0.2) is 0 Å². The fourth-order valence-corrected chi connectivity index (χ4v) is 3.06. The molecule has 1 aromatic rings. The number of likely N-dealkylation sites (tertiary alicyclic amines) is 1. The average molecular weight is 303 g/mol. The maximum Gasteiger partial charge on any atom is 0.265 e. The van der Waals surface area contributed by atoms with E-state index in [1.54, 1.807) is 25.1 Å². The first-order chi connectivity index (χ1) is 10.6. The number of hydrogen-bond donors (Lipinski definition) is 2. The summed E-state index contributed by atoms with van der Waals surface area (Å²) in [5.74, 6) is 0.186. The summed E-state index contributed by atoms with van der Waals surface area (Å²) < 4.78 is 5.67. The number of hydrogen-bond acceptors (Lipinski definition) is 4. The number of carbonyl (C=O) groups is 2. The predicted molar refractivity (Wildman–Crippen MR) is 82.9 cm³/mol. The minimum absolute atomic E-state index is 0.0738. The Morgan fingerprint density at radius 2 is 2.27 bits per heavy atom. The summed E-state index contributed by atoms with van der Waals surface area (Å²) in [4.78, 5) is 26.4. The van der Waals surface area contributed by atoms with Crippen molar-refractivity contribution in [3.8, 4) is 5.75 Å². The number of amides is 2. The van der Waals surface area contributed by atoms with E-state index < -0.39 is 6.10 Å². The Morgan fingerprint density at radius 3 is 3.05 bits per heavy atom. The highest BCUT2D eigenvalue weighted by atomic mass is 16.5. The molecule has 1 aromatic carbocycles. The molecule has 2 atom stereocenters. The predicted octanol–water partition coefficient (Wildman–Crippen LogP) is 1.36. The molecule has 0 saturated carbocycles. The monoisotopic (exact) mass is 303 g/mol. The summed E-state index contributed by atoms with van der Waals surface area (Å²) in [6.07, 6.45) is 2.42. The lowest BCUT2D eigenvalue weighted by atomic mass is 10.00. The normalized spacial score (nSPS) is 24.3. The molecule has 2 heterocycles. The number of nitrogens with one attached hydrogen (secondary N) is 1. The zero-order chi connectivity index (χ0) is 15.7. The summed E-state index contributed by atoms with van der Waals surface area (Å²) in [7, 11) is 0. The van der Waals surface area contributed by atoms with Gasteiger partial charge in [-0.15, -0.1) is 0 Å². The van der Waals surface area contributed by atoms with Gasteiger partial charge in [0.1, 0.15) is 0 Å². The highest BCUT2D eigenvalue weighted by Gasteiger charge is 2.32. The lowest BCUT2D eigenvalue weighted by molar-refractivity contribution is -0.122. The van der Waals surface area contributed by atoms with Crippen LogP contribution in [0.5, 0.6) is 5.75 Å². The van der Waals surface area contributed by atoms with Gasteiger partial charge in [0.15, 0.2) is 11.9 Å². The zero-order valence-corrected chi connectivity index (χ0v) is 12.7. The van der Waals surface area contributed by atoms with E-state index in [1.807, 2.05) is 4.90 Å². The average Bonchev–Trinajstić information content (AvgIpc) is 2.54. The number of benzene rings is 1. The van der Waals surface area contributed by atoms with Crippen molar-refractivity contribution in [3.63, 3.8) is 0 Å². The van der Waals surface area contributed by atoms with Crippen LogP contribution in [0.25, 0.3) is 0 Å². The Morgan fingerprint density at radius 1 is 1.45 bits per heavy atom. The van der Waals surface area contributed by atoms with Crippen LogP contribution in [0.2, 0.25) is 0 Å². The molecule has 0 aliphatic carbocycles. The van der Waals surface area contributed by atoms with Crippen LogP contribution in [-0.2, 0) is 4.79 Å². The highest BCUT2D eigenvalue weighted by molar-refractivity contribution is 6.04. The van der Waals surface area contributed by atoms with Gasteiger partial charge in [-0.1, -0.05) is 6.07 Å². The topological polar surface area (TPSA) is 84.7 Å². The third kappa shape index (κ3) is 2.54. The Labute approximate surface area is 129 Å². The molecule has 2 aliphatic rings. The zero-order valence-electron chi connectivity index (χ0n) is 12.7. The van der Waals surface area contributed by atoms with Crippen LogP contribution in [0.3, 0.4) is 0 Å². The Balaban J connectivity index is 1.93. The molecule has 3 rings (SSSR count). The number of piperidine rings is 1. The molecule has 2 aliphatic heterocycles. The van der Waals surface area contributed by atoms with Crippen molar-refractivity contribution in [1.29, 1.82) is 0 Å². The lowest BCUT2D eigenvalue weighted by Crippen LogP contribution is -2.47. The summed E-state index contributed by atoms with van der Waals surface area (Å²) >= 11 is 0. The standard InChI is InChI=1S/C16H21N3O3/c1-10-15(20)18-13-7-4-6-12(14(13)22-10)16(21)19-8-3-2-5-11(19)9-17/h4,6-7,10-11H,2-3,5,8-9,17H2,1H3,(H,18,20). The van der Waals surface area contributed by atoms with Gasteiger partial charge in [-0.05, 0) is 38.3 Å². The van der Waals surface area contributed by atoms with Crippen molar-refractivity contribution >= 4 is 17.5 Å². The third-order valence-electron chi connectivity index (χ3n) is 4.33. The minimum atomic E-state index is -0.604. The largest absolute Gasteiger partial charge is 0.478 e. The van der Waals surface area contributed by atoms with Gasteiger partial charge in [0.2, 0.25) is 0 Å². The molecule has 22 heavy (non-hydrogen) atoms. The summed E-state index contributed by atoms with van der Waals surface area (Å²) in [5.41, 5.74) is 6.85. The number of carbonyl (C=O) groups excluding carboxylic acids is 2. The van der Waals surface area contributed by atoms with Crippen LogP contribution in [-0.4, -0.2) is 41.9 Å². The van der Waals surface area contributed by atoms with Crippen LogP contribution in [0.15, 0.2) is 18.2 Å². The van der Waals surface area contributed by atoms with E-state index in [4.69, 9.17) is 10.5 Å². The maximum absolute atomic E-state index is 12.9. The molecule has 0 aromatic heterocycles. The Kier molecular flexibility index (Phi) is 4.02. The van der Waals surface area contributed by atoms with Gasteiger partial charge in [-0.2, -0.15) is 0 Å². The Bertz CT molecular complexity index is 602. The molecule has 0 spiro atoms. The van der Waals surface area contributed by atoms with E-state index in [0.717, 1.165) is 19.3 Å². The summed E-state index contributed by atoms with van der Waals surface area (Å²) in [6, 6.07) is 5.32. The Hall–Kier alpha value is -2.08. The number of anilines is 1. The first kappa shape index (κ1) is 14.8. The summed E-state index contributed by atoms with van der Waals surface area (Å²) in [5, 5.41) is 2.77. The van der Waals surface area contributed by atoms with Crippen LogP contribution < -0.4 is 15.8 Å².